The van der Waals surface area contributed by atoms with Gasteiger partial charge in [0, 0.05) is 22.2 Å². The summed E-state index contributed by atoms with van der Waals surface area (Å²) in [7, 11) is 0. The number of hydrogen-bond donors (Lipinski definition) is 1. The van der Waals surface area contributed by atoms with Crippen LogP contribution in [0.3, 0.4) is 0 Å². The summed E-state index contributed by atoms with van der Waals surface area (Å²) in [5.74, 6) is 0.474. The number of nitrogens with zero attached hydrogens (tertiary/aromatic N) is 1. The van der Waals surface area contributed by atoms with E-state index in [0.29, 0.717) is 27.9 Å². The fraction of sp³-hybridized carbons (Fsp3) is 0.120. The van der Waals surface area contributed by atoms with Gasteiger partial charge in [0.05, 0.1) is 5.02 Å². The second-order valence-electron chi connectivity index (χ2n) is 7.33. The minimum absolute atomic E-state index is 0.204. The third-order valence-electron chi connectivity index (χ3n) is 5.21. The molecule has 2 heterocycles. The number of anilines is 1. The van der Waals surface area contributed by atoms with Gasteiger partial charge in [0.1, 0.15) is 10.4 Å². The molecule has 3 aromatic carbocycles. The maximum absolute atomic E-state index is 12.7. The fourth-order valence-electron chi connectivity index (χ4n) is 3.54. The van der Waals surface area contributed by atoms with E-state index >= 15 is 0 Å². The van der Waals surface area contributed by atoms with Gasteiger partial charge < -0.3 is 9.73 Å². The van der Waals surface area contributed by atoms with Crippen molar-refractivity contribution in [1.82, 2.24) is 4.98 Å². The largest absolute Gasteiger partial charge is 0.440 e. The summed E-state index contributed by atoms with van der Waals surface area (Å²) in [5.41, 5.74) is 4.70. The van der Waals surface area contributed by atoms with E-state index in [1.807, 2.05) is 54.6 Å². The Morgan fingerprint density at radius 3 is 2.61 bits per heavy atom. The van der Waals surface area contributed by atoms with Crippen LogP contribution in [0.5, 0.6) is 0 Å². The molecule has 0 bridgehead atoms. The highest BCUT2D eigenvalue weighted by Crippen LogP contribution is 2.35. The van der Waals surface area contributed by atoms with Crippen molar-refractivity contribution in [3.8, 4) is 0 Å². The number of oxazole rings is 1. The lowest BCUT2D eigenvalue weighted by Gasteiger charge is -2.05. The van der Waals surface area contributed by atoms with Gasteiger partial charge in [-0.15, -0.1) is 11.3 Å². The van der Waals surface area contributed by atoms with Crippen LogP contribution in [0.1, 0.15) is 33.6 Å². The molecule has 2 aromatic heterocycles. The molecule has 0 fully saturated rings. The van der Waals surface area contributed by atoms with Crippen molar-refractivity contribution in [1.29, 1.82) is 0 Å². The van der Waals surface area contributed by atoms with Crippen LogP contribution >= 0.6 is 22.9 Å². The van der Waals surface area contributed by atoms with E-state index in [1.165, 1.54) is 16.9 Å². The molecule has 31 heavy (non-hydrogen) atoms. The highest BCUT2D eigenvalue weighted by Gasteiger charge is 2.17. The summed E-state index contributed by atoms with van der Waals surface area (Å²) in [6.07, 6.45) is 1.56. The van der Waals surface area contributed by atoms with E-state index in [0.717, 1.165) is 33.2 Å². The molecule has 154 valence electrons. The summed E-state index contributed by atoms with van der Waals surface area (Å²) in [4.78, 5) is 17.8. The number of rotatable bonds is 5. The average molecular weight is 447 g/mol. The molecular weight excluding hydrogens is 428 g/mol. The van der Waals surface area contributed by atoms with Crippen LogP contribution in [-0.4, -0.2) is 10.9 Å². The van der Waals surface area contributed by atoms with Crippen molar-refractivity contribution in [2.45, 2.75) is 19.8 Å². The molecule has 0 atom stereocenters. The second-order valence-corrected chi connectivity index (χ2v) is 8.76. The quantitative estimate of drug-likeness (QED) is 0.313. The first-order valence-electron chi connectivity index (χ1n) is 10.1. The molecule has 6 heteroatoms. The van der Waals surface area contributed by atoms with Gasteiger partial charge in [-0.25, -0.2) is 4.98 Å². The number of amides is 1. The molecule has 5 rings (SSSR count). The van der Waals surface area contributed by atoms with E-state index in [4.69, 9.17) is 16.0 Å². The van der Waals surface area contributed by atoms with Crippen LogP contribution in [0.4, 0.5) is 5.69 Å². The predicted octanol–water partition coefficient (Wildman–Crippen LogP) is 7.10. The number of fused-ring (bicyclic) bond motifs is 2. The summed E-state index contributed by atoms with van der Waals surface area (Å²) in [5, 5.41) is 4.33. The third-order valence-corrected chi connectivity index (χ3v) is 6.89. The Hall–Kier alpha value is -3.15. The first kappa shape index (κ1) is 19.8. The smallest absolute Gasteiger partial charge is 0.267 e. The van der Waals surface area contributed by atoms with Gasteiger partial charge >= 0.3 is 0 Å². The van der Waals surface area contributed by atoms with Crippen LogP contribution in [0.25, 0.3) is 21.2 Å². The van der Waals surface area contributed by atoms with Crippen molar-refractivity contribution in [3.05, 3.63) is 93.6 Å². The summed E-state index contributed by atoms with van der Waals surface area (Å²) < 4.78 is 6.87. The minimum atomic E-state index is -0.204. The number of nitrogens with one attached hydrogen (secondary N) is 1. The molecule has 1 amide bonds. The lowest BCUT2D eigenvalue weighted by molar-refractivity contribution is 0.103. The second kappa shape index (κ2) is 8.17. The highest BCUT2D eigenvalue weighted by atomic mass is 35.5. The number of hydrogen-bond acceptors (Lipinski definition) is 4. The van der Waals surface area contributed by atoms with Gasteiger partial charge in [0.15, 0.2) is 11.5 Å². The normalized spacial score (nSPS) is 11.3. The Kier molecular flexibility index (Phi) is 5.22. The zero-order valence-electron chi connectivity index (χ0n) is 16.8. The van der Waals surface area contributed by atoms with Crippen molar-refractivity contribution in [3.63, 3.8) is 0 Å². The van der Waals surface area contributed by atoms with Crippen molar-refractivity contribution >= 4 is 55.7 Å². The minimum Gasteiger partial charge on any atom is -0.440 e. The molecule has 0 aliphatic rings. The molecule has 1 N–H and O–H groups in total. The maximum Gasteiger partial charge on any atom is 0.267 e. The lowest BCUT2D eigenvalue weighted by Crippen LogP contribution is -2.10. The Bertz CT molecular complexity index is 1400. The molecule has 0 aliphatic heterocycles. The zero-order valence-corrected chi connectivity index (χ0v) is 18.4. The molecule has 0 unspecified atom stereocenters. The third kappa shape index (κ3) is 3.94. The SMILES string of the molecule is CCc1ccc2oc(Cc3ccc(NC(=O)c4sc5ccccc5c4Cl)cc3)nc2c1. The Morgan fingerprint density at radius 1 is 1.06 bits per heavy atom. The predicted molar refractivity (Wildman–Crippen MR) is 127 cm³/mol. The van der Waals surface area contributed by atoms with E-state index in [9.17, 15) is 4.79 Å². The van der Waals surface area contributed by atoms with Crippen LogP contribution in [0, 0.1) is 0 Å². The highest BCUT2D eigenvalue weighted by molar-refractivity contribution is 7.21. The first-order valence-corrected chi connectivity index (χ1v) is 11.3. The molecule has 0 spiro atoms. The van der Waals surface area contributed by atoms with Gasteiger partial charge in [0.25, 0.3) is 5.91 Å². The number of halogens is 1. The number of aryl methyl sites for hydroxylation is 1. The first-order chi connectivity index (χ1) is 15.1. The maximum atomic E-state index is 12.7. The lowest BCUT2D eigenvalue weighted by atomic mass is 10.1. The van der Waals surface area contributed by atoms with Crippen molar-refractivity contribution in [2.24, 2.45) is 0 Å². The van der Waals surface area contributed by atoms with Crippen molar-refractivity contribution in [2.75, 3.05) is 5.32 Å². The standard InChI is InChI=1S/C25H19ClN2O2S/c1-2-15-9-12-20-19(13-15)28-22(30-20)14-16-7-10-17(11-8-16)27-25(29)24-23(26)18-5-3-4-6-21(18)31-24/h3-13H,2,14H2,1H3,(H,27,29). The Labute approximate surface area is 188 Å². The molecule has 4 nitrogen and oxygen atoms in total. The van der Waals surface area contributed by atoms with Gasteiger partial charge in [-0.3, -0.25) is 4.79 Å². The number of carbonyl (C=O) groups excluding carboxylic acids is 1. The Balaban J connectivity index is 1.30. The topological polar surface area (TPSA) is 55.1 Å². The molecule has 5 aromatic rings. The van der Waals surface area contributed by atoms with Crippen LogP contribution in [0.2, 0.25) is 5.02 Å². The van der Waals surface area contributed by atoms with E-state index < -0.39 is 0 Å². The van der Waals surface area contributed by atoms with Gasteiger partial charge in [0.2, 0.25) is 0 Å². The van der Waals surface area contributed by atoms with Crippen LogP contribution in [0.15, 0.2) is 71.1 Å². The van der Waals surface area contributed by atoms with Crippen LogP contribution < -0.4 is 5.32 Å². The number of carbonyl (C=O) groups is 1. The van der Waals surface area contributed by atoms with Crippen LogP contribution in [-0.2, 0) is 12.8 Å². The fourth-order valence-corrected chi connectivity index (χ4v) is 4.96. The number of aromatic nitrogens is 1. The van der Waals surface area contributed by atoms with Gasteiger partial charge in [-0.1, -0.05) is 54.9 Å². The molecular formula is C25H19ClN2O2S. The van der Waals surface area contributed by atoms with E-state index in [1.54, 1.807) is 0 Å². The number of benzene rings is 3. The Morgan fingerprint density at radius 2 is 1.84 bits per heavy atom. The summed E-state index contributed by atoms with van der Waals surface area (Å²) in [6, 6.07) is 21.6. The zero-order chi connectivity index (χ0) is 21.4. The van der Waals surface area contributed by atoms with E-state index in [2.05, 4.69) is 29.4 Å². The molecule has 0 saturated carbocycles. The monoisotopic (exact) mass is 446 g/mol. The van der Waals surface area contributed by atoms with Crippen molar-refractivity contribution < 1.29 is 9.21 Å². The molecule has 0 saturated heterocycles. The van der Waals surface area contributed by atoms with Gasteiger partial charge in [-0.2, -0.15) is 0 Å². The summed E-state index contributed by atoms with van der Waals surface area (Å²) >= 11 is 7.81. The molecule has 0 aliphatic carbocycles. The van der Waals surface area contributed by atoms with E-state index in [-0.39, 0.29) is 5.91 Å². The molecule has 0 radical (unpaired) electrons. The average Bonchev–Trinajstić information content (AvgIpc) is 3.35. The number of thiophene rings is 1. The van der Waals surface area contributed by atoms with Gasteiger partial charge in [-0.05, 0) is 47.9 Å². The summed E-state index contributed by atoms with van der Waals surface area (Å²) in [6.45, 7) is 2.12.